The van der Waals surface area contributed by atoms with Crippen LogP contribution >= 0.6 is 15.9 Å². The average molecular weight is 265 g/mol. The molecule has 4 heteroatoms. The summed E-state index contributed by atoms with van der Waals surface area (Å²) >= 11 is 3.24. The average Bonchev–Trinajstić information content (AvgIpc) is 2.61. The Kier molecular flexibility index (Phi) is 2.68. The Bertz CT molecular complexity index is 488. The highest BCUT2D eigenvalue weighted by Crippen LogP contribution is 2.25. The smallest absolute Gasteiger partial charge is 0.155 e. The van der Waals surface area contributed by atoms with E-state index in [2.05, 4.69) is 26.1 Å². The van der Waals surface area contributed by atoms with Crippen LogP contribution in [0.5, 0.6) is 0 Å². The fourth-order valence-corrected chi connectivity index (χ4v) is 1.74. The summed E-state index contributed by atoms with van der Waals surface area (Å²) in [4.78, 5) is 10.9. The summed E-state index contributed by atoms with van der Waals surface area (Å²) in [6.07, 6.45) is 0.794. The number of H-pyrrole nitrogens is 1. The molecule has 0 spiro atoms. The van der Waals surface area contributed by atoms with Gasteiger partial charge in [0.2, 0.25) is 0 Å². The molecule has 0 bridgehead atoms. The number of hydrogen-bond acceptors (Lipinski definition) is 2. The highest BCUT2D eigenvalue weighted by atomic mass is 79.9. The van der Waals surface area contributed by atoms with E-state index in [9.17, 15) is 4.79 Å². The van der Waals surface area contributed by atoms with E-state index in [1.165, 1.54) is 5.56 Å². The number of carbonyl (C=O) groups is 1. The van der Waals surface area contributed by atoms with Gasteiger partial charge in [-0.25, -0.2) is 0 Å². The molecule has 1 aromatic heterocycles. The Hall–Kier alpha value is -1.42. The Balaban J connectivity index is 2.53. The van der Waals surface area contributed by atoms with Crippen molar-refractivity contribution >= 4 is 22.2 Å². The van der Waals surface area contributed by atoms with Gasteiger partial charge in [0.1, 0.15) is 10.3 Å². The molecule has 0 radical (unpaired) electrons. The van der Waals surface area contributed by atoms with Crippen molar-refractivity contribution in [3.05, 3.63) is 40.0 Å². The highest BCUT2D eigenvalue weighted by Gasteiger charge is 2.11. The lowest BCUT2D eigenvalue weighted by molar-refractivity contribution is 0.112. The van der Waals surface area contributed by atoms with E-state index < -0.39 is 0 Å². The fraction of sp³-hybridized carbons (Fsp3) is 0.0909. The maximum absolute atomic E-state index is 10.9. The number of benzene rings is 1. The van der Waals surface area contributed by atoms with Gasteiger partial charge in [0.15, 0.2) is 6.29 Å². The number of aldehydes is 1. The van der Waals surface area contributed by atoms with Gasteiger partial charge in [-0.15, -0.1) is 0 Å². The zero-order valence-electron chi connectivity index (χ0n) is 8.12. The molecule has 0 saturated heterocycles. The lowest BCUT2D eigenvalue weighted by atomic mass is 10.1. The molecule has 15 heavy (non-hydrogen) atoms. The van der Waals surface area contributed by atoms with Gasteiger partial charge in [0.25, 0.3) is 0 Å². The van der Waals surface area contributed by atoms with Gasteiger partial charge in [-0.1, -0.05) is 29.8 Å². The Labute approximate surface area is 95.6 Å². The zero-order valence-corrected chi connectivity index (χ0v) is 9.71. The van der Waals surface area contributed by atoms with Crippen LogP contribution in [0.4, 0.5) is 0 Å². The molecule has 0 saturated carbocycles. The summed E-state index contributed by atoms with van der Waals surface area (Å²) < 4.78 is 0.619. The molecule has 2 rings (SSSR count). The number of carbonyl (C=O) groups excluding carboxylic acids is 1. The fourth-order valence-electron chi connectivity index (χ4n) is 1.37. The number of rotatable bonds is 2. The second-order valence-electron chi connectivity index (χ2n) is 3.28. The van der Waals surface area contributed by atoms with E-state index in [0.29, 0.717) is 15.9 Å². The number of aromatic amines is 1. The number of aromatic nitrogens is 2. The third-order valence-corrected chi connectivity index (χ3v) is 2.80. The second-order valence-corrected chi connectivity index (χ2v) is 4.08. The highest BCUT2D eigenvalue weighted by molar-refractivity contribution is 9.10. The largest absolute Gasteiger partial charge is 0.298 e. The zero-order chi connectivity index (χ0) is 10.8. The minimum absolute atomic E-state index is 0.554. The molecule has 0 amide bonds. The predicted octanol–water partition coefficient (Wildman–Crippen LogP) is 2.96. The van der Waals surface area contributed by atoms with Crippen LogP contribution in [0.25, 0.3) is 11.3 Å². The van der Waals surface area contributed by atoms with Gasteiger partial charge >= 0.3 is 0 Å². The van der Waals surface area contributed by atoms with Gasteiger partial charge < -0.3 is 0 Å². The maximum atomic E-state index is 10.9. The van der Waals surface area contributed by atoms with Crippen molar-refractivity contribution in [1.82, 2.24) is 10.2 Å². The number of nitrogens with one attached hydrogen (secondary N) is 1. The summed E-state index contributed by atoms with van der Waals surface area (Å²) in [7, 11) is 0. The third-order valence-electron chi connectivity index (χ3n) is 2.20. The molecule has 3 nitrogen and oxygen atoms in total. The summed E-state index contributed by atoms with van der Waals surface area (Å²) in [5, 5.41) is 6.82. The summed E-state index contributed by atoms with van der Waals surface area (Å²) in [6.45, 7) is 2.02. The first kappa shape index (κ1) is 10.1. The van der Waals surface area contributed by atoms with Crippen molar-refractivity contribution in [2.75, 3.05) is 0 Å². The van der Waals surface area contributed by atoms with Crippen LogP contribution < -0.4 is 0 Å². The lowest BCUT2D eigenvalue weighted by Crippen LogP contribution is -1.84. The van der Waals surface area contributed by atoms with Crippen molar-refractivity contribution in [1.29, 1.82) is 0 Å². The van der Waals surface area contributed by atoms with Gasteiger partial charge in [-0.3, -0.25) is 9.89 Å². The van der Waals surface area contributed by atoms with E-state index in [-0.39, 0.29) is 0 Å². The molecule has 76 valence electrons. The van der Waals surface area contributed by atoms with Crippen LogP contribution in [-0.4, -0.2) is 16.5 Å². The monoisotopic (exact) mass is 264 g/mol. The van der Waals surface area contributed by atoms with Crippen LogP contribution in [-0.2, 0) is 0 Å². The molecule has 0 atom stereocenters. The van der Waals surface area contributed by atoms with E-state index in [1.54, 1.807) is 0 Å². The van der Waals surface area contributed by atoms with Crippen molar-refractivity contribution in [2.24, 2.45) is 0 Å². The van der Waals surface area contributed by atoms with E-state index in [4.69, 9.17) is 0 Å². The van der Waals surface area contributed by atoms with Gasteiger partial charge in [0, 0.05) is 5.56 Å². The molecular weight excluding hydrogens is 256 g/mol. The van der Waals surface area contributed by atoms with Crippen molar-refractivity contribution < 1.29 is 4.79 Å². The Morgan fingerprint density at radius 3 is 2.60 bits per heavy atom. The molecule has 0 unspecified atom stereocenters. The number of aryl methyl sites for hydroxylation is 1. The van der Waals surface area contributed by atoms with Crippen LogP contribution in [0.1, 0.15) is 15.9 Å². The lowest BCUT2D eigenvalue weighted by Gasteiger charge is -1.98. The molecule has 0 aliphatic heterocycles. The normalized spacial score (nSPS) is 10.3. The topological polar surface area (TPSA) is 45.8 Å². The van der Waals surface area contributed by atoms with E-state index in [0.717, 1.165) is 11.8 Å². The van der Waals surface area contributed by atoms with Crippen molar-refractivity contribution in [3.63, 3.8) is 0 Å². The molecule has 1 heterocycles. The third kappa shape index (κ3) is 1.85. The number of nitrogens with zero attached hydrogens (tertiary/aromatic N) is 1. The SMILES string of the molecule is Cc1ccc(-c2n[nH]c(Br)c2C=O)cc1. The standard InChI is InChI=1S/C11H9BrN2O/c1-7-2-4-8(5-3-7)10-9(6-15)11(12)14-13-10/h2-6H,1H3,(H,13,14). The van der Waals surface area contributed by atoms with Crippen LogP contribution in [0.15, 0.2) is 28.9 Å². The number of halogens is 1. The summed E-state index contributed by atoms with van der Waals surface area (Å²) in [5.41, 5.74) is 3.35. The Morgan fingerprint density at radius 2 is 2.00 bits per heavy atom. The summed E-state index contributed by atoms with van der Waals surface area (Å²) in [6, 6.07) is 7.88. The van der Waals surface area contributed by atoms with Crippen LogP contribution in [0.2, 0.25) is 0 Å². The minimum atomic E-state index is 0.554. The van der Waals surface area contributed by atoms with Crippen LogP contribution in [0.3, 0.4) is 0 Å². The second kappa shape index (κ2) is 3.98. The minimum Gasteiger partial charge on any atom is -0.298 e. The first-order valence-electron chi connectivity index (χ1n) is 4.48. The molecule has 1 N–H and O–H groups in total. The Morgan fingerprint density at radius 1 is 1.33 bits per heavy atom. The van der Waals surface area contributed by atoms with E-state index in [1.807, 2.05) is 31.2 Å². The van der Waals surface area contributed by atoms with Crippen LogP contribution in [0, 0.1) is 6.92 Å². The first-order valence-corrected chi connectivity index (χ1v) is 5.27. The van der Waals surface area contributed by atoms with Crippen molar-refractivity contribution in [2.45, 2.75) is 6.92 Å². The first-order chi connectivity index (χ1) is 7.22. The molecule has 0 aliphatic rings. The molecular formula is C11H9BrN2O. The molecule has 2 aromatic rings. The molecule has 0 aliphatic carbocycles. The van der Waals surface area contributed by atoms with Gasteiger partial charge in [0.05, 0.1) is 5.56 Å². The maximum Gasteiger partial charge on any atom is 0.155 e. The van der Waals surface area contributed by atoms with Gasteiger partial charge in [-0.05, 0) is 22.9 Å². The van der Waals surface area contributed by atoms with Crippen molar-refractivity contribution in [3.8, 4) is 11.3 Å². The van der Waals surface area contributed by atoms with Gasteiger partial charge in [-0.2, -0.15) is 5.10 Å². The summed E-state index contributed by atoms with van der Waals surface area (Å²) in [5.74, 6) is 0. The predicted molar refractivity (Wildman–Crippen MR) is 61.8 cm³/mol. The quantitative estimate of drug-likeness (QED) is 0.848. The number of hydrogen-bond donors (Lipinski definition) is 1. The molecule has 0 fully saturated rings. The van der Waals surface area contributed by atoms with E-state index >= 15 is 0 Å². The molecule has 1 aromatic carbocycles.